The predicted molar refractivity (Wildman–Crippen MR) is 471 cm³/mol. The summed E-state index contributed by atoms with van der Waals surface area (Å²) < 4.78 is 0. The number of aromatic nitrogens is 12. The van der Waals surface area contributed by atoms with Crippen molar-refractivity contribution in [3.05, 3.63) is 249 Å². The van der Waals surface area contributed by atoms with E-state index in [2.05, 4.69) is 59.8 Å². The van der Waals surface area contributed by atoms with E-state index < -0.39 is 0 Å². The van der Waals surface area contributed by atoms with Gasteiger partial charge in [-0.15, -0.1) is 0 Å². The Morgan fingerprint density at radius 2 is 0.325 bits per heavy atom. The summed E-state index contributed by atoms with van der Waals surface area (Å²) in [7, 11) is 0. The molecule has 4 aromatic heterocycles. The molecule has 18 N–H and O–H groups in total. The van der Waals surface area contributed by atoms with Crippen LogP contribution in [-0.2, 0) is 0 Å². The largest absolute Gasteiger partial charge is 0.508 e. The van der Waals surface area contributed by atoms with Gasteiger partial charge in [0.1, 0.15) is 103 Å². The highest BCUT2D eigenvalue weighted by Gasteiger charge is 2.27. The molecule has 0 unspecified atom stereocenters. The molecule has 30 heteroatoms. The highest BCUT2D eigenvalue weighted by molar-refractivity contribution is 5.82. The SMILES string of the molecule is Cc1c(O)ccc(-c2nc(-c3ccc(O)c(C)c3O)nc(-c3ccc(O)c(C)c3O)n2)c1O.Cc1cc(C)c(O)c(-c2nc(-c3cc(C)cc(C)c3O)nc(-c3cc(C)cc(C)c3O)n2)c1.Cc1ccc(O)c(-c2nc(-c3cc(C)ccc3O)nc(-c3cc(C)ccc3O)n2)c1.Oc1ccc(-c2nc(-c3ccc(O)cc3O)nc(-c3ccc(O)cc3O)n2)c(O)c1. The normalized spacial score (nSPS) is 11.0. The maximum Gasteiger partial charge on any atom is 0.167 e. The number of aromatic hydroxyl groups is 18. The van der Waals surface area contributed by atoms with Gasteiger partial charge in [-0.25, -0.2) is 59.8 Å². The van der Waals surface area contributed by atoms with Crippen molar-refractivity contribution >= 4 is 0 Å². The van der Waals surface area contributed by atoms with Crippen LogP contribution in [0.1, 0.15) is 66.8 Å². The van der Waals surface area contributed by atoms with Crippen molar-refractivity contribution in [2.24, 2.45) is 0 Å². The average Bonchev–Trinajstić information content (AvgIpc) is 0.773. The van der Waals surface area contributed by atoms with Crippen LogP contribution in [0.5, 0.6) is 103 Å². The van der Waals surface area contributed by atoms with Gasteiger partial charge >= 0.3 is 0 Å². The second kappa shape index (κ2) is 35.4. The number of hydrogen-bond donors (Lipinski definition) is 18. The van der Waals surface area contributed by atoms with Gasteiger partial charge in [0.05, 0.1) is 66.8 Å². The Morgan fingerprint density at radius 1 is 0.143 bits per heavy atom. The summed E-state index contributed by atoms with van der Waals surface area (Å²) in [5, 5.41) is 184. The third kappa shape index (κ3) is 18.4. The fourth-order valence-corrected chi connectivity index (χ4v) is 13.6. The third-order valence-electron chi connectivity index (χ3n) is 20.4. The number of phenolic OH excluding ortho intramolecular Hbond substituents is 18. The van der Waals surface area contributed by atoms with E-state index in [9.17, 15) is 91.9 Å². The first-order chi connectivity index (χ1) is 59.8. The van der Waals surface area contributed by atoms with Crippen molar-refractivity contribution in [3.8, 4) is 240 Å². The molecule has 0 amide bonds. The summed E-state index contributed by atoms with van der Waals surface area (Å²) in [4.78, 5) is 53.6. The molecule has 0 radical (unpaired) electrons. The van der Waals surface area contributed by atoms with Crippen LogP contribution >= 0.6 is 0 Å². The molecule has 126 heavy (non-hydrogen) atoms. The van der Waals surface area contributed by atoms with Crippen LogP contribution in [0.25, 0.3) is 137 Å². The van der Waals surface area contributed by atoms with Gasteiger partial charge in [-0.3, -0.25) is 0 Å². The van der Waals surface area contributed by atoms with Gasteiger partial charge in [-0.2, -0.15) is 0 Å². The van der Waals surface area contributed by atoms with E-state index in [1.807, 2.05) is 98.7 Å². The standard InChI is InChI=1S/C27H27N3O3.C24H21N3O6.C24H21N3O3.C21H15N3O6/c1-13-7-16(4)22(31)19(10-13)25-28-26(20-11-14(2)8-17(5)23(20)32)30-27(29-25)21-12-15(3)9-18(6)24(21)33;1-10-16(28)7-4-13(19(10)31)22-25-23(14-5-8-17(29)11(2)20(14)32)27-24(26-22)15-6-9-18(30)12(3)21(15)33;1-13-4-7-19(28)16(10-13)22-25-23(17-11-14(2)5-8-20(17)29)27-24(26-22)18-12-15(3)6-9-21(18)30;25-10-1-4-13(16(28)7-10)19-22-20(14-5-2-11(26)8-17(14)29)24-21(23-19)15-6-3-12(27)9-18(15)30/h7-12,31-33H,1-6H3;4-9,28-33H,1-3H3;4-12,28-30H,1-3H3;1-9,25-30H. The highest BCUT2D eigenvalue weighted by atomic mass is 16.3. The first kappa shape index (κ1) is 86.9. The van der Waals surface area contributed by atoms with Crippen molar-refractivity contribution in [1.82, 2.24) is 59.8 Å². The maximum absolute atomic E-state index is 10.8. The number of nitrogens with zero attached hydrogens (tertiary/aromatic N) is 12. The molecule has 0 fully saturated rings. The van der Waals surface area contributed by atoms with Crippen molar-refractivity contribution in [2.45, 2.75) is 83.1 Å². The summed E-state index contributed by atoms with van der Waals surface area (Å²) in [6.45, 7) is 21.6. The molecule has 0 aliphatic heterocycles. The number of benzene rings is 12. The van der Waals surface area contributed by atoms with Gasteiger partial charge in [0.15, 0.2) is 69.9 Å². The van der Waals surface area contributed by atoms with Crippen molar-refractivity contribution in [2.75, 3.05) is 0 Å². The molecule has 12 aromatic carbocycles. The van der Waals surface area contributed by atoms with E-state index in [1.54, 1.807) is 54.6 Å². The lowest BCUT2D eigenvalue weighted by Gasteiger charge is -2.14. The van der Waals surface area contributed by atoms with E-state index in [0.717, 1.165) is 51.6 Å². The molecule has 30 nitrogen and oxygen atoms in total. The van der Waals surface area contributed by atoms with Gasteiger partial charge in [0.25, 0.3) is 0 Å². The molecule has 636 valence electrons. The topological polar surface area (TPSA) is 519 Å². The van der Waals surface area contributed by atoms with E-state index >= 15 is 0 Å². The van der Waals surface area contributed by atoms with Crippen LogP contribution in [0.2, 0.25) is 0 Å². The zero-order valence-electron chi connectivity index (χ0n) is 69.7. The Balaban J connectivity index is 0.000000144. The minimum atomic E-state index is -0.289. The first-order valence-electron chi connectivity index (χ1n) is 38.8. The molecular formula is C96H84N12O18. The van der Waals surface area contributed by atoms with Gasteiger partial charge in [-0.1, -0.05) is 53.1 Å². The maximum atomic E-state index is 10.8. The van der Waals surface area contributed by atoms with E-state index in [0.29, 0.717) is 50.1 Å². The second-order valence-corrected chi connectivity index (χ2v) is 30.1. The number of aryl methyl sites for hydroxylation is 9. The summed E-state index contributed by atoms with van der Waals surface area (Å²) in [5.74, 6) is -0.425. The lowest BCUT2D eigenvalue weighted by molar-refractivity contribution is 0.443. The molecule has 0 saturated heterocycles. The van der Waals surface area contributed by atoms with Gasteiger partial charge in [0.2, 0.25) is 0 Å². The molecule has 4 heterocycles. The highest BCUT2D eigenvalue weighted by Crippen LogP contribution is 2.46. The summed E-state index contributed by atoms with van der Waals surface area (Å²) in [5.41, 5.74) is 12.3. The Kier molecular flexibility index (Phi) is 24.4. The molecule has 0 spiro atoms. The predicted octanol–water partition coefficient (Wildman–Crippen LogP) is 17.9. The Bertz CT molecular complexity index is 6330. The average molecular weight is 1690 g/mol. The van der Waals surface area contributed by atoms with Gasteiger partial charge < -0.3 is 91.9 Å². The second-order valence-electron chi connectivity index (χ2n) is 30.1. The first-order valence-corrected chi connectivity index (χ1v) is 38.8. The monoisotopic (exact) mass is 1690 g/mol. The minimum absolute atomic E-state index is 0.00690. The van der Waals surface area contributed by atoms with Crippen LogP contribution < -0.4 is 0 Å². The number of rotatable bonds is 12. The quantitative estimate of drug-likeness (QED) is 0.0540. The van der Waals surface area contributed by atoms with Crippen molar-refractivity contribution in [3.63, 3.8) is 0 Å². The third-order valence-corrected chi connectivity index (χ3v) is 20.4. The minimum Gasteiger partial charge on any atom is -0.508 e. The Labute approximate surface area is 720 Å². The molecule has 16 aromatic rings. The fourth-order valence-electron chi connectivity index (χ4n) is 13.6. The summed E-state index contributed by atoms with van der Waals surface area (Å²) in [6.07, 6.45) is 0. The molecular weight excluding hydrogens is 1610 g/mol. The molecule has 0 aliphatic rings. The van der Waals surface area contributed by atoms with Crippen LogP contribution in [0.4, 0.5) is 0 Å². The van der Waals surface area contributed by atoms with E-state index in [-0.39, 0.29) is 223 Å². The van der Waals surface area contributed by atoms with Crippen LogP contribution in [0.15, 0.2) is 182 Å². The molecule has 16 rings (SSSR count). The lowest BCUT2D eigenvalue weighted by atomic mass is 10.0. The smallest absolute Gasteiger partial charge is 0.167 e. The zero-order valence-corrected chi connectivity index (χ0v) is 69.7. The van der Waals surface area contributed by atoms with Crippen LogP contribution in [-0.4, -0.2) is 152 Å². The lowest BCUT2D eigenvalue weighted by Crippen LogP contribution is -2.02. The fraction of sp³-hybridized carbons (Fsp3) is 0.125. The molecule has 0 atom stereocenters. The van der Waals surface area contributed by atoms with E-state index in [4.69, 9.17) is 0 Å². The zero-order chi connectivity index (χ0) is 90.9. The molecule has 0 bridgehead atoms. The Hall–Kier alpha value is -16.9. The summed E-state index contributed by atoms with van der Waals surface area (Å²) >= 11 is 0. The van der Waals surface area contributed by atoms with E-state index in [1.165, 1.54) is 93.6 Å². The number of hydrogen-bond acceptors (Lipinski definition) is 30. The molecule has 0 saturated carbocycles. The van der Waals surface area contributed by atoms with Crippen LogP contribution in [0, 0.1) is 83.1 Å². The van der Waals surface area contributed by atoms with Crippen LogP contribution in [0.3, 0.4) is 0 Å². The van der Waals surface area contributed by atoms with Gasteiger partial charge in [0, 0.05) is 34.9 Å². The molecule has 0 aliphatic carbocycles. The van der Waals surface area contributed by atoms with Crippen molar-refractivity contribution < 1.29 is 91.9 Å². The Morgan fingerprint density at radius 3 is 0.548 bits per heavy atom. The van der Waals surface area contributed by atoms with Crippen molar-refractivity contribution in [1.29, 1.82) is 0 Å². The van der Waals surface area contributed by atoms with Gasteiger partial charge in [-0.05, 0) is 244 Å². The summed E-state index contributed by atoms with van der Waals surface area (Å²) in [6, 6.07) is 46.6. The number of phenols is 18.